The van der Waals surface area contributed by atoms with Crippen molar-refractivity contribution in [1.29, 1.82) is 0 Å². The zero-order valence-corrected chi connectivity index (χ0v) is 12.2. The summed E-state index contributed by atoms with van der Waals surface area (Å²) in [5.74, 6) is 0.422. The summed E-state index contributed by atoms with van der Waals surface area (Å²) in [5, 5.41) is 14.2. The van der Waals surface area contributed by atoms with Gasteiger partial charge >= 0.3 is 5.69 Å². The molecule has 1 aliphatic heterocycles. The van der Waals surface area contributed by atoms with Gasteiger partial charge < -0.3 is 14.8 Å². The van der Waals surface area contributed by atoms with Gasteiger partial charge in [0.2, 0.25) is 5.82 Å². The van der Waals surface area contributed by atoms with Crippen molar-refractivity contribution >= 4 is 11.5 Å². The molecule has 0 spiro atoms. The van der Waals surface area contributed by atoms with Crippen LogP contribution in [0.2, 0.25) is 0 Å². The minimum atomic E-state index is -0.520. The Morgan fingerprint density at radius 3 is 3.00 bits per heavy atom. The second-order valence-electron chi connectivity index (χ2n) is 5.35. The summed E-state index contributed by atoms with van der Waals surface area (Å²) in [7, 11) is 0. The zero-order chi connectivity index (χ0) is 15.2. The van der Waals surface area contributed by atoms with Gasteiger partial charge in [-0.15, -0.1) is 0 Å². The van der Waals surface area contributed by atoms with Crippen molar-refractivity contribution in [3.8, 4) is 5.88 Å². The lowest BCUT2D eigenvalue weighted by molar-refractivity contribution is -0.385. The van der Waals surface area contributed by atoms with E-state index in [4.69, 9.17) is 9.47 Å². The molecule has 1 aromatic heterocycles. The highest BCUT2D eigenvalue weighted by Crippen LogP contribution is 2.31. The Labute approximate surface area is 123 Å². The fourth-order valence-electron chi connectivity index (χ4n) is 2.02. The van der Waals surface area contributed by atoms with Crippen LogP contribution in [0.25, 0.3) is 0 Å². The maximum atomic E-state index is 11.3. The van der Waals surface area contributed by atoms with Gasteiger partial charge in [-0.1, -0.05) is 13.8 Å². The number of nitro groups is 1. The third-order valence-corrected chi connectivity index (χ3v) is 3.05. The van der Waals surface area contributed by atoms with Crippen molar-refractivity contribution < 1.29 is 14.4 Å². The van der Waals surface area contributed by atoms with E-state index in [-0.39, 0.29) is 29.4 Å². The molecule has 0 aromatic carbocycles. The smallest absolute Gasteiger partial charge is 0.372 e. The summed E-state index contributed by atoms with van der Waals surface area (Å²) in [6.07, 6.45) is 3.30. The predicted octanol–water partition coefficient (Wildman–Crippen LogP) is 2.01. The van der Waals surface area contributed by atoms with Crippen molar-refractivity contribution in [2.24, 2.45) is 5.92 Å². The van der Waals surface area contributed by atoms with Gasteiger partial charge in [0.05, 0.1) is 17.6 Å². The molecule has 21 heavy (non-hydrogen) atoms. The van der Waals surface area contributed by atoms with E-state index < -0.39 is 4.92 Å². The fraction of sp³-hybridized carbons (Fsp3) is 0.692. The number of aromatic nitrogens is 2. The van der Waals surface area contributed by atoms with Crippen LogP contribution in [0, 0.1) is 16.0 Å². The molecule has 8 nitrogen and oxygen atoms in total. The Kier molecular flexibility index (Phi) is 5.26. The fourth-order valence-corrected chi connectivity index (χ4v) is 2.02. The standard InChI is InChI=1S/C13H20N4O4/c1-9(2)7-21-13-11(17(18)19)12(15-8-16-13)14-6-10-4-3-5-20-10/h8-10H,3-7H2,1-2H3,(H,14,15,16). The molecule has 8 heteroatoms. The second kappa shape index (κ2) is 7.16. The van der Waals surface area contributed by atoms with Crippen LogP contribution in [0.4, 0.5) is 11.5 Å². The summed E-state index contributed by atoms with van der Waals surface area (Å²) in [6.45, 7) is 5.51. The number of rotatable bonds is 7. The largest absolute Gasteiger partial charge is 0.472 e. The summed E-state index contributed by atoms with van der Waals surface area (Å²) in [5.41, 5.74) is -0.226. The number of ether oxygens (including phenoxy) is 2. The molecular formula is C13H20N4O4. The monoisotopic (exact) mass is 296 g/mol. The van der Waals surface area contributed by atoms with Gasteiger partial charge in [-0.2, -0.15) is 4.98 Å². The van der Waals surface area contributed by atoms with Gasteiger partial charge in [-0.05, 0) is 18.8 Å². The molecule has 0 aliphatic carbocycles. The normalized spacial score (nSPS) is 18.0. The predicted molar refractivity (Wildman–Crippen MR) is 76.5 cm³/mol. The summed E-state index contributed by atoms with van der Waals surface area (Å²) < 4.78 is 10.9. The van der Waals surface area contributed by atoms with Crippen molar-refractivity contribution in [1.82, 2.24) is 9.97 Å². The summed E-state index contributed by atoms with van der Waals surface area (Å²) >= 11 is 0. The minimum absolute atomic E-state index is 0.00135. The van der Waals surface area contributed by atoms with Gasteiger partial charge in [-0.3, -0.25) is 10.1 Å². The Bertz CT molecular complexity index is 489. The topological polar surface area (TPSA) is 99.4 Å². The van der Waals surface area contributed by atoms with Crippen molar-refractivity contribution in [3.05, 3.63) is 16.4 Å². The second-order valence-corrected chi connectivity index (χ2v) is 5.35. The highest BCUT2D eigenvalue weighted by atomic mass is 16.6. The van der Waals surface area contributed by atoms with E-state index >= 15 is 0 Å². The number of hydrogen-bond donors (Lipinski definition) is 1. The Hall–Kier alpha value is -1.96. The summed E-state index contributed by atoms with van der Waals surface area (Å²) in [6, 6.07) is 0. The minimum Gasteiger partial charge on any atom is -0.472 e. The molecule has 0 radical (unpaired) electrons. The highest BCUT2D eigenvalue weighted by molar-refractivity contribution is 5.61. The lowest BCUT2D eigenvalue weighted by atomic mass is 10.2. The first-order chi connectivity index (χ1) is 10.1. The molecule has 0 saturated carbocycles. The number of hydrogen-bond acceptors (Lipinski definition) is 7. The molecule has 1 atom stereocenters. The van der Waals surface area contributed by atoms with Crippen LogP contribution in [0.5, 0.6) is 5.88 Å². The van der Waals surface area contributed by atoms with Crippen LogP contribution in [0.3, 0.4) is 0 Å². The molecule has 1 saturated heterocycles. The van der Waals surface area contributed by atoms with E-state index in [1.807, 2.05) is 13.8 Å². The quantitative estimate of drug-likeness (QED) is 0.606. The van der Waals surface area contributed by atoms with Crippen LogP contribution in [-0.4, -0.2) is 40.8 Å². The first-order valence-electron chi connectivity index (χ1n) is 7.05. The molecule has 1 aromatic rings. The van der Waals surface area contributed by atoms with Gasteiger partial charge in [0.15, 0.2) is 0 Å². The van der Waals surface area contributed by atoms with Gasteiger partial charge in [-0.25, -0.2) is 4.98 Å². The molecule has 1 aliphatic rings. The lowest BCUT2D eigenvalue weighted by Gasteiger charge is -2.13. The van der Waals surface area contributed by atoms with Gasteiger partial charge in [0.25, 0.3) is 5.88 Å². The first-order valence-corrected chi connectivity index (χ1v) is 7.05. The third-order valence-electron chi connectivity index (χ3n) is 3.05. The number of nitrogens with zero attached hydrogens (tertiary/aromatic N) is 3. The molecule has 1 fully saturated rings. The van der Waals surface area contributed by atoms with E-state index in [0.29, 0.717) is 13.2 Å². The van der Waals surface area contributed by atoms with Crippen LogP contribution in [-0.2, 0) is 4.74 Å². The van der Waals surface area contributed by atoms with E-state index in [0.717, 1.165) is 19.4 Å². The van der Waals surface area contributed by atoms with Crippen LogP contribution < -0.4 is 10.1 Å². The molecule has 2 rings (SSSR count). The average molecular weight is 296 g/mol. The summed E-state index contributed by atoms with van der Waals surface area (Å²) in [4.78, 5) is 18.6. The molecule has 116 valence electrons. The molecule has 0 amide bonds. The van der Waals surface area contributed by atoms with E-state index in [2.05, 4.69) is 15.3 Å². The van der Waals surface area contributed by atoms with Gasteiger partial charge in [0, 0.05) is 13.2 Å². The molecule has 1 N–H and O–H groups in total. The Morgan fingerprint density at radius 1 is 1.57 bits per heavy atom. The molecular weight excluding hydrogens is 276 g/mol. The number of nitrogens with one attached hydrogen (secondary N) is 1. The Morgan fingerprint density at radius 2 is 2.38 bits per heavy atom. The van der Waals surface area contributed by atoms with Gasteiger partial charge in [0.1, 0.15) is 6.33 Å². The van der Waals surface area contributed by atoms with E-state index in [1.54, 1.807) is 0 Å². The van der Waals surface area contributed by atoms with Crippen molar-refractivity contribution in [2.75, 3.05) is 25.1 Å². The maximum Gasteiger partial charge on any atom is 0.372 e. The average Bonchev–Trinajstić information content (AvgIpc) is 2.95. The lowest BCUT2D eigenvalue weighted by Crippen LogP contribution is -2.20. The van der Waals surface area contributed by atoms with E-state index in [1.165, 1.54) is 6.33 Å². The SMILES string of the molecule is CC(C)COc1ncnc(NCC2CCCO2)c1[N+](=O)[O-]. The molecule has 0 bridgehead atoms. The van der Waals surface area contributed by atoms with Crippen molar-refractivity contribution in [3.63, 3.8) is 0 Å². The van der Waals surface area contributed by atoms with Crippen LogP contribution in [0.15, 0.2) is 6.33 Å². The third kappa shape index (κ3) is 4.25. The van der Waals surface area contributed by atoms with E-state index in [9.17, 15) is 10.1 Å². The first kappa shape index (κ1) is 15.4. The van der Waals surface area contributed by atoms with Crippen LogP contribution in [0.1, 0.15) is 26.7 Å². The zero-order valence-electron chi connectivity index (χ0n) is 12.2. The van der Waals surface area contributed by atoms with Crippen LogP contribution >= 0.6 is 0 Å². The molecule has 2 heterocycles. The highest BCUT2D eigenvalue weighted by Gasteiger charge is 2.25. The maximum absolute atomic E-state index is 11.3. The van der Waals surface area contributed by atoms with Crippen molar-refractivity contribution in [2.45, 2.75) is 32.8 Å². The Balaban J connectivity index is 2.11. The molecule has 1 unspecified atom stereocenters. The number of anilines is 1.